The lowest BCUT2D eigenvalue weighted by Crippen LogP contribution is -2.33. The molecule has 2 amide bonds. The highest BCUT2D eigenvalue weighted by Gasteiger charge is 2.46. The van der Waals surface area contributed by atoms with Crippen molar-refractivity contribution in [1.29, 1.82) is 0 Å². The molecule has 1 aliphatic heterocycles. The zero-order valence-corrected chi connectivity index (χ0v) is 16.5. The minimum absolute atomic E-state index is 0.00161. The fraction of sp³-hybridized carbons (Fsp3) is 0.364. The number of nitrogens with zero attached hydrogens (tertiary/aromatic N) is 1. The van der Waals surface area contributed by atoms with Crippen molar-refractivity contribution < 1.29 is 28.3 Å². The predicted octanol–water partition coefficient (Wildman–Crippen LogP) is 2.19. The van der Waals surface area contributed by atoms with Crippen molar-refractivity contribution >= 4 is 28.8 Å². The molecule has 0 bridgehead atoms. The van der Waals surface area contributed by atoms with Gasteiger partial charge in [-0.2, -0.15) is 0 Å². The molecule has 2 heterocycles. The fourth-order valence-electron chi connectivity index (χ4n) is 3.98. The fourth-order valence-corrected chi connectivity index (χ4v) is 3.98. The summed E-state index contributed by atoms with van der Waals surface area (Å²) in [6.07, 6.45) is 4.85. The molecule has 0 N–H and O–H groups in total. The third kappa shape index (κ3) is 3.72. The molecule has 2 aliphatic rings. The third-order valence-corrected chi connectivity index (χ3v) is 5.56. The number of imide groups is 1. The molecular weight excluding hydrogens is 390 g/mol. The monoisotopic (exact) mass is 411 g/mol. The van der Waals surface area contributed by atoms with Crippen molar-refractivity contribution in [3.63, 3.8) is 0 Å². The van der Waals surface area contributed by atoms with E-state index in [1.807, 2.05) is 12.2 Å². The van der Waals surface area contributed by atoms with Crippen molar-refractivity contribution in [2.45, 2.75) is 25.9 Å². The lowest BCUT2D eigenvalue weighted by atomic mass is 9.85. The Morgan fingerprint density at radius 2 is 1.80 bits per heavy atom. The first-order valence-electron chi connectivity index (χ1n) is 9.74. The van der Waals surface area contributed by atoms with Crippen LogP contribution < -0.4 is 10.4 Å². The van der Waals surface area contributed by atoms with Gasteiger partial charge in [-0.3, -0.25) is 19.3 Å². The largest absolute Gasteiger partial charge is 0.497 e. The first kappa shape index (κ1) is 19.9. The van der Waals surface area contributed by atoms with Crippen molar-refractivity contribution in [1.82, 2.24) is 4.90 Å². The van der Waals surface area contributed by atoms with Crippen molar-refractivity contribution in [3.8, 4) is 5.75 Å². The second kappa shape index (κ2) is 8.14. The predicted molar refractivity (Wildman–Crippen MR) is 106 cm³/mol. The van der Waals surface area contributed by atoms with Crippen molar-refractivity contribution in [3.05, 3.63) is 52.4 Å². The molecule has 30 heavy (non-hydrogen) atoms. The number of amides is 2. The van der Waals surface area contributed by atoms with Gasteiger partial charge in [-0.05, 0) is 25.0 Å². The number of allylic oxidation sites excluding steroid dienone is 2. The molecule has 1 aromatic heterocycles. The maximum absolute atomic E-state index is 12.4. The van der Waals surface area contributed by atoms with Gasteiger partial charge in [-0.15, -0.1) is 0 Å². The number of rotatable bonds is 6. The van der Waals surface area contributed by atoms with E-state index in [0.717, 1.165) is 0 Å². The summed E-state index contributed by atoms with van der Waals surface area (Å²) >= 11 is 0. The molecule has 2 atom stereocenters. The summed E-state index contributed by atoms with van der Waals surface area (Å²) in [6.45, 7) is -0.122. The van der Waals surface area contributed by atoms with Crippen molar-refractivity contribution in [2.24, 2.45) is 11.8 Å². The Morgan fingerprint density at radius 3 is 2.47 bits per heavy atom. The lowest BCUT2D eigenvalue weighted by Gasteiger charge is -2.14. The highest BCUT2D eigenvalue weighted by Crippen LogP contribution is 2.35. The molecule has 1 aromatic carbocycles. The van der Waals surface area contributed by atoms with Crippen LogP contribution in [-0.2, 0) is 25.7 Å². The van der Waals surface area contributed by atoms with Crippen LogP contribution in [0.5, 0.6) is 5.75 Å². The molecule has 1 saturated heterocycles. The molecule has 8 heteroatoms. The molecular formula is C22H21NO7. The van der Waals surface area contributed by atoms with Gasteiger partial charge in [0.25, 0.3) is 0 Å². The number of methoxy groups -OCH3 is 1. The van der Waals surface area contributed by atoms with Gasteiger partial charge in [-0.1, -0.05) is 12.2 Å². The quantitative estimate of drug-likeness (QED) is 0.311. The van der Waals surface area contributed by atoms with E-state index < -0.39 is 11.6 Å². The van der Waals surface area contributed by atoms with Crippen LogP contribution in [0.1, 0.15) is 24.8 Å². The minimum Gasteiger partial charge on any atom is -0.497 e. The first-order valence-corrected chi connectivity index (χ1v) is 9.74. The summed E-state index contributed by atoms with van der Waals surface area (Å²) in [5.74, 6) is -1.09. The normalized spacial score (nSPS) is 20.5. The average molecular weight is 411 g/mol. The van der Waals surface area contributed by atoms with E-state index in [-0.39, 0.29) is 43.2 Å². The summed E-state index contributed by atoms with van der Waals surface area (Å²) < 4.78 is 15.6. The standard InChI is InChI=1S/C22H21NO7/c1-28-14-6-7-15-13(10-20(25)30-18(15)11-14)12-29-19(24)8-9-23-21(26)16-4-2-3-5-17(16)22(23)27/h2-3,6-7,10-11,16-17H,4-5,8-9,12H2,1H3/t16-,17+. The molecule has 8 nitrogen and oxygen atoms in total. The summed E-state index contributed by atoms with van der Waals surface area (Å²) in [7, 11) is 1.51. The Kier molecular flexibility index (Phi) is 5.39. The molecule has 156 valence electrons. The Morgan fingerprint density at radius 1 is 1.10 bits per heavy atom. The van der Waals surface area contributed by atoms with Crippen LogP contribution in [0.25, 0.3) is 11.0 Å². The zero-order valence-electron chi connectivity index (χ0n) is 16.5. The number of esters is 1. The lowest BCUT2D eigenvalue weighted by molar-refractivity contribution is -0.146. The molecule has 1 fully saturated rings. The Bertz CT molecular complexity index is 1070. The maximum Gasteiger partial charge on any atom is 0.336 e. The number of carbonyl (C=O) groups is 3. The van der Waals surface area contributed by atoms with E-state index in [4.69, 9.17) is 13.9 Å². The number of hydrogen-bond donors (Lipinski definition) is 0. The van der Waals surface area contributed by atoms with Gasteiger partial charge in [0, 0.05) is 29.6 Å². The van der Waals surface area contributed by atoms with Gasteiger partial charge in [0.2, 0.25) is 11.8 Å². The van der Waals surface area contributed by atoms with E-state index in [2.05, 4.69) is 0 Å². The van der Waals surface area contributed by atoms with Gasteiger partial charge in [0.1, 0.15) is 17.9 Å². The van der Waals surface area contributed by atoms with Gasteiger partial charge in [-0.25, -0.2) is 4.79 Å². The van der Waals surface area contributed by atoms with E-state index in [9.17, 15) is 19.2 Å². The first-order chi connectivity index (χ1) is 14.5. The molecule has 0 spiro atoms. The summed E-state index contributed by atoms with van der Waals surface area (Å²) in [5.41, 5.74) is 0.270. The van der Waals surface area contributed by atoms with Crippen LogP contribution in [0.3, 0.4) is 0 Å². The second-order valence-electron chi connectivity index (χ2n) is 7.35. The van der Waals surface area contributed by atoms with Gasteiger partial charge < -0.3 is 13.9 Å². The van der Waals surface area contributed by atoms with Crippen LogP contribution in [0.15, 0.2) is 45.6 Å². The zero-order chi connectivity index (χ0) is 21.3. The molecule has 0 unspecified atom stereocenters. The smallest absolute Gasteiger partial charge is 0.336 e. The Balaban J connectivity index is 1.38. The molecule has 0 radical (unpaired) electrons. The minimum atomic E-state index is -0.564. The maximum atomic E-state index is 12.4. The Hall–Kier alpha value is -3.42. The molecule has 4 rings (SSSR count). The van der Waals surface area contributed by atoms with E-state index in [1.165, 1.54) is 18.1 Å². The second-order valence-corrected chi connectivity index (χ2v) is 7.35. The molecule has 0 saturated carbocycles. The topological polar surface area (TPSA) is 103 Å². The number of hydrogen-bond acceptors (Lipinski definition) is 7. The molecule has 2 aromatic rings. The van der Waals surface area contributed by atoms with Crippen LogP contribution in [0, 0.1) is 11.8 Å². The van der Waals surface area contributed by atoms with E-state index in [1.54, 1.807) is 18.2 Å². The number of likely N-dealkylation sites (tertiary alicyclic amines) is 1. The van der Waals surface area contributed by atoms with Gasteiger partial charge in [0.15, 0.2) is 0 Å². The Labute approximate surface area is 172 Å². The van der Waals surface area contributed by atoms with Crippen molar-refractivity contribution in [2.75, 3.05) is 13.7 Å². The number of ether oxygens (including phenoxy) is 2. The summed E-state index contributed by atoms with van der Waals surface area (Å²) in [5, 5.41) is 0.629. The summed E-state index contributed by atoms with van der Waals surface area (Å²) in [6, 6.07) is 6.29. The van der Waals surface area contributed by atoms with Crippen LogP contribution in [0.4, 0.5) is 0 Å². The van der Waals surface area contributed by atoms with Gasteiger partial charge in [0.05, 0.1) is 25.4 Å². The van der Waals surface area contributed by atoms with Gasteiger partial charge >= 0.3 is 11.6 Å². The highest BCUT2D eigenvalue weighted by atomic mass is 16.5. The third-order valence-electron chi connectivity index (χ3n) is 5.56. The summed E-state index contributed by atoms with van der Waals surface area (Å²) in [4.78, 5) is 50.1. The number of benzene rings is 1. The van der Waals surface area contributed by atoms with Crippen LogP contribution >= 0.6 is 0 Å². The highest BCUT2D eigenvalue weighted by molar-refractivity contribution is 6.05. The van der Waals surface area contributed by atoms with E-state index >= 15 is 0 Å². The molecule has 1 aliphatic carbocycles. The van der Waals surface area contributed by atoms with E-state index in [0.29, 0.717) is 35.1 Å². The number of fused-ring (bicyclic) bond motifs is 2. The van der Waals surface area contributed by atoms with Crippen LogP contribution in [0.2, 0.25) is 0 Å². The average Bonchev–Trinajstić information content (AvgIpc) is 3.00. The van der Waals surface area contributed by atoms with Crippen LogP contribution in [-0.4, -0.2) is 36.3 Å². The SMILES string of the molecule is COc1ccc2c(COC(=O)CCN3C(=O)[C@H]4CC=CC[C@H]4C3=O)cc(=O)oc2c1. The number of carbonyl (C=O) groups excluding carboxylic acids is 3.